The Balaban J connectivity index is 1.90. The van der Waals surface area contributed by atoms with E-state index in [1.165, 1.54) is 13.3 Å². The second-order valence-corrected chi connectivity index (χ2v) is 6.74. The molecule has 0 saturated heterocycles. The standard InChI is InChI=1S/C23H24N4O3/c1-15-13-26-20(14-25-15)21(28)12-16-5-4-6-18(11-16)22(27-23(24)30-3)17-7-9-19(29-2)10-8-17/h4-11,13-14,22H,12H2,1-3H3,(H2,24,27). The van der Waals surface area contributed by atoms with Gasteiger partial charge in [0, 0.05) is 12.6 Å². The van der Waals surface area contributed by atoms with Crippen molar-refractivity contribution in [1.82, 2.24) is 9.97 Å². The highest BCUT2D eigenvalue weighted by Gasteiger charge is 2.16. The Bertz CT molecular complexity index is 1030. The minimum Gasteiger partial charge on any atom is -0.497 e. The number of rotatable bonds is 7. The van der Waals surface area contributed by atoms with Gasteiger partial charge in [-0.15, -0.1) is 0 Å². The number of aryl methyl sites for hydroxylation is 1. The fourth-order valence-electron chi connectivity index (χ4n) is 2.99. The zero-order valence-corrected chi connectivity index (χ0v) is 17.2. The van der Waals surface area contributed by atoms with Gasteiger partial charge in [0.1, 0.15) is 17.5 Å². The monoisotopic (exact) mass is 404 g/mol. The van der Waals surface area contributed by atoms with Gasteiger partial charge in [0.25, 0.3) is 6.02 Å². The molecule has 0 amide bonds. The van der Waals surface area contributed by atoms with Crippen LogP contribution in [0.4, 0.5) is 0 Å². The van der Waals surface area contributed by atoms with Gasteiger partial charge in [0.05, 0.1) is 26.1 Å². The first-order chi connectivity index (χ1) is 14.5. The van der Waals surface area contributed by atoms with Gasteiger partial charge in [0.15, 0.2) is 5.78 Å². The number of nitrogens with zero attached hydrogens (tertiary/aromatic N) is 3. The largest absolute Gasteiger partial charge is 0.497 e. The van der Waals surface area contributed by atoms with Crippen LogP contribution in [0.5, 0.6) is 5.75 Å². The molecule has 3 aromatic rings. The maximum Gasteiger partial charge on any atom is 0.282 e. The molecule has 154 valence electrons. The summed E-state index contributed by atoms with van der Waals surface area (Å²) in [6.45, 7) is 1.83. The van der Waals surface area contributed by atoms with Crippen molar-refractivity contribution in [2.45, 2.75) is 19.4 Å². The van der Waals surface area contributed by atoms with E-state index in [9.17, 15) is 4.79 Å². The molecule has 2 N–H and O–H groups in total. The Kier molecular flexibility index (Phi) is 6.75. The molecule has 0 saturated carbocycles. The van der Waals surface area contributed by atoms with Crippen LogP contribution in [0.3, 0.4) is 0 Å². The molecule has 0 fully saturated rings. The van der Waals surface area contributed by atoms with E-state index >= 15 is 0 Å². The van der Waals surface area contributed by atoms with Crippen LogP contribution in [0.25, 0.3) is 0 Å². The molecule has 0 radical (unpaired) electrons. The SMILES string of the molecule is COC(N)=NC(c1ccc(OC)cc1)c1cccc(CC(=O)c2cnc(C)cn2)c1. The van der Waals surface area contributed by atoms with Gasteiger partial charge in [-0.25, -0.2) is 9.98 Å². The van der Waals surface area contributed by atoms with Gasteiger partial charge in [-0.3, -0.25) is 9.78 Å². The molecule has 3 rings (SSSR count). The van der Waals surface area contributed by atoms with Gasteiger partial charge in [0.2, 0.25) is 0 Å². The molecule has 2 aromatic carbocycles. The number of carbonyl (C=O) groups excluding carboxylic acids is 1. The molecule has 0 aliphatic carbocycles. The lowest BCUT2D eigenvalue weighted by molar-refractivity contribution is 0.0988. The quantitative estimate of drug-likeness (QED) is 0.369. The van der Waals surface area contributed by atoms with Gasteiger partial charge in [-0.2, -0.15) is 0 Å². The molecule has 1 aromatic heterocycles. The summed E-state index contributed by atoms with van der Waals surface area (Å²) in [5.41, 5.74) is 9.62. The average molecular weight is 404 g/mol. The zero-order chi connectivity index (χ0) is 21.5. The van der Waals surface area contributed by atoms with Crippen LogP contribution in [0.2, 0.25) is 0 Å². The molecule has 0 aliphatic heterocycles. The van der Waals surface area contributed by atoms with E-state index in [0.717, 1.165) is 28.1 Å². The van der Waals surface area contributed by atoms with Crippen LogP contribution < -0.4 is 10.5 Å². The first-order valence-electron chi connectivity index (χ1n) is 9.42. The first-order valence-corrected chi connectivity index (χ1v) is 9.42. The topological polar surface area (TPSA) is 99.7 Å². The smallest absolute Gasteiger partial charge is 0.282 e. The number of Topliss-reactive ketones (excluding diaryl/α,β-unsaturated/α-hetero) is 1. The summed E-state index contributed by atoms with van der Waals surface area (Å²) in [6, 6.07) is 15.0. The van der Waals surface area contributed by atoms with Crippen molar-refractivity contribution in [3.8, 4) is 5.75 Å². The van der Waals surface area contributed by atoms with Gasteiger partial charge < -0.3 is 15.2 Å². The van der Waals surface area contributed by atoms with E-state index in [4.69, 9.17) is 15.2 Å². The van der Waals surface area contributed by atoms with Crippen LogP contribution >= 0.6 is 0 Å². The molecule has 7 nitrogen and oxygen atoms in total. The normalized spacial score (nSPS) is 12.3. The van der Waals surface area contributed by atoms with Crippen LogP contribution in [0, 0.1) is 6.92 Å². The van der Waals surface area contributed by atoms with E-state index < -0.39 is 0 Å². The summed E-state index contributed by atoms with van der Waals surface area (Å²) in [5.74, 6) is 0.653. The van der Waals surface area contributed by atoms with Crippen molar-refractivity contribution in [3.63, 3.8) is 0 Å². The second-order valence-electron chi connectivity index (χ2n) is 6.74. The predicted octanol–water partition coefficient (Wildman–Crippen LogP) is 3.27. The van der Waals surface area contributed by atoms with Crippen molar-refractivity contribution in [2.75, 3.05) is 14.2 Å². The molecule has 30 heavy (non-hydrogen) atoms. The van der Waals surface area contributed by atoms with E-state index in [-0.39, 0.29) is 24.3 Å². The molecular formula is C23H24N4O3. The first kappa shape index (κ1) is 21.0. The molecule has 0 spiro atoms. The molecule has 1 heterocycles. The maximum atomic E-state index is 12.6. The Hall–Kier alpha value is -3.74. The highest BCUT2D eigenvalue weighted by molar-refractivity contribution is 5.95. The number of hydrogen-bond donors (Lipinski definition) is 1. The molecular weight excluding hydrogens is 380 g/mol. The summed E-state index contributed by atoms with van der Waals surface area (Å²) < 4.78 is 10.3. The number of methoxy groups -OCH3 is 2. The van der Waals surface area contributed by atoms with Crippen molar-refractivity contribution in [1.29, 1.82) is 0 Å². The van der Waals surface area contributed by atoms with E-state index in [0.29, 0.717) is 5.69 Å². The van der Waals surface area contributed by atoms with Gasteiger partial charge in [-0.1, -0.05) is 36.4 Å². The van der Waals surface area contributed by atoms with Crippen LogP contribution in [-0.2, 0) is 11.2 Å². The number of carbonyl (C=O) groups is 1. The fourth-order valence-corrected chi connectivity index (χ4v) is 2.99. The van der Waals surface area contributed by atoms with Crippen molar-refractivity contribution in [3.05, 3.63) is 89.0 Å². The number of ketones is 1. The third-order valence-corrected chi connectivity index (χ3v) is 4.60. The summed E-state index contributed by atoms with van der Waals surface area (Å²) in [6.07, 6.45) is 3.31. The third kappa shape index (κ3) is 5.20. The highest BCUT2D eigenvalue weighted by Crippen LogP contribution is 2.28. The van der Waals surface area contributed by atoms with Crippen molar-refractivity contribution in [2.24, 2.45) is 10.7 Å². The highest BCUT2D eigenvalue weighted by atomic mass is 16.5. The summed E-state index contributed by atoms with van der Waals surface area (Å²) in [5, 5.41) is 0. The molecule has 1 unspecified atom stereocenters. The fraction of sp³-hybridized carbons (Fsp3) is 0.217. The zero-order valence-electron chi connectivity index (χ0n) is 17.2. The van der Waals surface area contributed by atoms with Crippen molar-refractivity contribution >= 4 is 11.8 Å². The summed E-state index contributed by atoms with van der Waals surface area (Å²) in [7, 11) is 3.09. The lowest BCUT2D eigenvalue weighted by Gasteiger charge is -2.16. The minimum absolute atomic E-state index is 0.0761. The van der Waals surface area contributed by atoms with E-state index in [1.807, 2.05) is 55.5 Å². The molecule has 0 bridgehead atoms. The third-order valence-electron chi connectivity index (χ3n) is 4.60. The van der Waals surface area contributed by atoms with Crippen LogP contribution in [0.1, 0.15) is 38.9 Å². The number of benzene rings is 2. The number of aromatic nitrogens is 2. The van der Waals surface area contributed by atoms with E-state index in [2.05, 4.69) is 15.0 Å². The second kappa shape index (κ2) is 9.65. The number of ether oxygens (including phenoxy) is 2. The van der Waals surface area contributed by atoms with Crippen LogP contribution in [-0.4, -0.2) is 36.0 Å². The average Bonchev–Trinajstić information content (AvgIpc) is 2.78. The maximum absolute atomic E-state index is 12.6. The van der Waals surface area contributed by atoms with Gasteiger partial charge >= 0.3 is 0 Å². The number of amidine groups is 1. The minimum atomic E-state index is -0.384. The van der Waals surface area contributed by atoms with Crippen molar-refractivity contribution < 1.29 is 14.3 Å². The Morgan fingerprint density at radius 2 is 1.83 bits per heavy atom. The molecule has 0 aliphatic rings. The Morgan fingerprint density at radius 1 is 1.07 bits per heavy atom. The lowest BCUT2D eigenvalue weighted by atomic mass is 9.96. The number of nitrogens with two attached hydrogens (primary N) is 1. The Labute approximate surface area is 175 Å². The summed E-state index contributed by atoms with van der Waals surface area (Å²) in [4.78, 5) is 25.4. The molecule has 1 atom stereocenters. The molecule has 7 heteroatoms. The predicted molar refractivity (Wildman–Crippen MR) is 115 cm³/mol. The lowest BCUT2D eigenvalue weighted by Crippen LogP contribution is -2.16. The number of aliphatic imine (C=N–C) groups is 1. The Morgan fingerprint density at radius 3 is 2.47 bits per heavy atom. The summed E-state index contributed by atoms with van der Waals surface area (Å²) >= 11 is 0. The van der Waals surface area contributed by atoms with Gasteiger partial charge in [-0.05, 0) is 35.7 Å². The number of hydrogen-bond acceptors (Lipinski definition) is 6. The van der Waals surface area contributed by atoms with Crippen LogP contribution in [0.15, 0.2) is 65.9 Å². The van der Waals surface area contributed by atoms with E-state index in [1.54, 1.807) is 13.3 Å².